The van der Waals surface area contributed by atoms with Crippen LogP contribution in [0.2, 0.25) is 0 Å². The van der Waals surface area contributed by atoms with Crippen molar-refractivity contribution in [1.29, 1.82) is 0 Å². The molecule has 0 unspecified atom stereocenters. The Morgan fingerprint density at radius 2 is 1.64 bits per heavy atom. The maximum absolute atomic E-state index is 11.8. The van der Waals surface area contributed by atoms with Gasteiger partial charge in [-0.05, 0) is 42.5 Å². The van der Waals surface area contributed by atoms with E-state index >= 15 is 0 Å². The second kappa shape index (κ2) is 9.48. The van der Waals surface area contributed by atoms with Crippen LogP contribution in [0.4, 0.5) is 0 Å². The van der Waals surface area contributed by atoms with Gasteiger partial charge in [0.2, 0.25) is 5.89 Å². The van der Waals surface area contributed by atoms with E-state index in [1.807, 2.05) is 54.6 Å². The van der Waals surface area contributed by atoms with E-state index in [9.17, 15) is 13.6 Å². The molecule has 0 bridgehead atoms. The minimum atomic E-state index is -3.30. The predicted molar refractivity (Wildman–Crippen MR) is 134 cm³/mol. The van der Waals surface area contributed by atoms with E-state index in [4.69, 9.17) is 21.6 Å². The molecule has 0 aliphatic rings. The van der Waals surface area contributed by atoms with Crippen LogP contribution in [0.1, 0.15) is 0 Å². The molecule has 4 rings (SSSR count). The third-order valence-electron chi connectivity index (χ3n) is 4.77. The molecule has 0 aliphatic carbocycles. The molecule has 0 fully saturated rings. The highest BCUT2D eigenvalue weighted by Gasteiger charge is 2.19. The van der Waals surface area contributed by atoms with Gasteiger partial charge in [0.1, 0.15) is 5.69 Å². The Hall–Kier alpha value is -2.98. The topological polar surface area (TPSA) is 83.6 Å². The van der Waals surface area contributed by atoms with Crippen LogP contribution in [0, 0.1) is 0 Å². The van der Waals surface area contributed by atoms with Crippen molar-refractivity contribution >= 4 is 38.1 Å². The summed E-state index contributed by atoms with van der Waals surface area (Å²) in [5.41, 5.74) is 3.00. The molecule has 3 aromatic carbocycles. The Bertz CT molecular complexity index is 1400. The first kappa shape index (κ1) is 23.2. The second-order valence-electron chi connectivity index (χ2n) is 7.28. The van der Waals surface area contributed by atoms with Gasteiger partial charge in [0, 0.05) is 34.9 Å². The fraction of sp³-hybridized carbons (Fsp3) is 0.0833. The van der Waals surface area contributed by atoms with Crippen molar-refractivity contribution in [1.82, 2.24) is 10.0 Å². The van der Waals surface area contributed by atoms with Crippen molar-refractivity contribution in [3.05, 3.63) is 78.9 Å². The minimum Gasteiger partial charge on any atom is -0.435 e. The summed E-state index contributed by atoms with van der Waals surface area (Å²) in [7, 11) is -1.83. The number of hydrogen-bond acceptors (Lipinski definition) is 7. The van der Waals surface area contributed by atoms with Crippen LogP contribution in [0.25, 0.3) is 34.0 Å². The number of thioether (sulfide) groups is 1. The highest BCUT2D eigenvalue weighted by Crippen LogP contribution is 2.37. The van der Waals surface area contributed by atoms with E-state index < -0.39 is 9.84 Å². The first-order chi connectivity index (χ1) is 15.7. The zero-order chi connectivity index (χ0) is 23.6. The third kappa shape index (κ3) is 5.33. The third-order valence-corrected chi connectivity index (χ3v) is 7.34. The fourth-order valence-corrected chi connectivity index (χ4v) is 4.73. The van der Waals surface area contributed by atoms with Crippen molar-refractivity contribution in [3.63, 3.8) is 0 Å². The molecule has 0 atom stereocenters. The van der Waals surface area contributed by atoms with Gasteiger partial charge in [-0.3, -0.25) is 5.21 Å². The van der Waals surface area contributed by atoms with Gasteiger partial charge in [0.25, 0.3) is 0 Å². The van der Waals surface area contributed by atoms with E-state index in [0.29, 0.717) is 27.2 Å². The predicted octanol–water partition coefficient (Wildman–Crippen LogP) is 5.78. The summed E-state index contributed by atoms with van der Waals surface area (Å²) in [5.74, 6) is 0.960. The Morgan fingerprint density at radius 3 is 2.27 bits per heavy atom. The Morgan fingerprint density at radius 1 is 0.970 bits per heavy atom. The van der Waals surface area contributed by atoms with Crippen LogP contribution in [0.5, 0.6) is 0 Å². The Balaban J connectivity index is 1.79. The van der Waals surface area contributed by atoms with Gasteiger partial charge in [-0.25, -0.2) is 18.5 Å². The Labute approximate surface area is 201 Å². The van der Waals surface area contributed by atoms with Crippen LogP contribution in [-0.4, -0.2) is 41.3 Å². The van der Waals surface area contributed by atoms with Crippen molar-refractivity contribution in [2.75, 3.05) is 13.3 Å². The van der Waals surface area contributed by atoms with Gasteiger partial charge in [0.05, 0.1) is 4.90 Å². The summed E-state index contributed by atoms with van der Waals surface area (Å²) in [5, 5.41) is 10.4. The molecule has 1 aromatic heterocycles. The van der Waals surface area contributed by atoms with E-state index in [1.165, 1.54) is 25.1 Å². The number of aromatic nitrogens is 1. The molecular formula is C24H20N2O4S3. The summed E-state index contributed by atoms with van der Waals surface area (Å²) in [4.78, 5) is 5.84. The van der Waals surface area contributed by atoms with Crippen LogP contribution >= 0.6 is 24.0 Å². The van der Waals surface area contributed by atoms with Gasteiger partial charge in [-0.15, -0.1) is 0 Å². The number of thiocarbonyl (C=S) groups is 1. The normalized spacial score (nSPS) is 11.4. The zero-order valence-corrected chi connectivity index (χ0v) is 20.2. The molecule has 0 spiro atoms. The summed E-state index contributed by atoms with van der Waals surface area (Å²) < 4.78 is 30.2. The second-order valence-corrected chi connectivity index (χ2v) is 11.0. The zero-order valence-electron chi connectivity index (χ0n) is 17.8. The highest BCUT2D eigenvalue weighted by atomic mass is 32.2. The quantitative estimate of drug-likeness (QED) is 0.212. The van der Waals surface area contributed by atoms with Crippen molar-refractivity contribution in [2.24, 2.45) is 0 Å². The molecule has 0 saturated heterocycles. The summed E-state index contributed by atoms with van der Waals surface area (Å²) >= 11 is 6.42. The lowest BCUT2D eigenvalue weighted by Crippen LogP contribution is -2.16. The van der Waals surface area contributed by atoms with Crippen molar-refractivity contribution in [2.45, 2.75) is 9.79 Å². The number of rotatable bonds is 5. The molecule has 4 aromatic rings. The highest BCUT2D eigenvalue weighted by molar-refractivity contribution is 8.22. The molecule has 0 radical (unpaired) electrons. The van der Waals surface area contributed by atoms with E-state index in [2.05, 4.69) is 0 Å². The monoisotopic (exact) mass is 496 g/mol. The fourth-order valence-electron chi connectivity index (χ4n) is 3.14. The summed E-state index contributed by atoms with van der Waals surface area (Å²) in [6.45, 7) is 0. The average molecular weight is 497 g/mol. The smallest absolute Gasteiger partial charge is 0.227 e. The van der Waals surface area contributed by atoms with Crippen LogP contribution in [0.15, 0.2) is 93.1 Å². The summed E-state index contributed by atoms with van der Waals surface area (Å²) in [6.07, 6.45) is 1.18. The molecule has 6 nitrogen and oxygen atoms in total. The molecule has 9 heteroatoms. The van der Waals surface area contributed by atoms with Gasteiger partial charge in [-0.1, -0.05) is 60.4 Å². The van der Waals surface area contributed by atoms with Gasteiger partial charge in [-0.2, -0.15) is 0 Å². The van der Waals surface area contributed by atoms with Crippen LogP contribution in [-0.2, 0) is 9.84 Å². The number of hydroxylamine groups is 2. The minimum absolute atomic E-state index is 0.238. The van der Waals surface area contributed by atoms with Crippen molar-refractivity contribution in [3.8, 4) is 34.0 Å². The largest absolute Gasteiger partial charge is 0.435 e. The average Bonchev–Trinajstić information content (AvgIpc) is 3.25. The molecule has 168 valence electrons. The van der Waals surface area contributed by atoms with E-state index in [1.54, 1.807) is 24.3 Å². The number of sulfone groups is 1. The summed E-state index contributed by atoms with van der Waals surface area (Å²) in [6, 6.07) is 23.7. The van der Waals surface area contributed by atoms with Gasteiger partial charge < -0.3 is 4.42 Å². The van der Waals surface area contributed by atoms with Gasteiger partial charge in [0.15, 0.2) is 19.9 Å². The number of nitrogens with zero attached hydrogens (tertiary/aromatic N) is 2. The number of oxazole rings is 1. The van der Waals surface area contributed by atoms with E-state index in [0.717, 1.165) is 21.1 Å². The number of benzene rings is 3. The molecular weight excluding hydrogens is 476 g/mol. The molecule has 0 amide bonds. The SMILES string of the molecule is CN(O)C(=S)Sc1cccc(-c2nc(-c3ccccc3)c(-c3ccc(S(C)(=O)=O)cc3)o2)c1. The van der Waals surface area contributed by atoms with Crippen LogP contribution < -0.4 is 0 Å². The molecule has 0 aliphatic heterocycles. The van der Waals surface area contributed by atoms with Gasteiger partial charge >= 0.3 is 0 Å². The standard InChI is InChI=1S/C24H20N2O4S3/c1-26(27)24(31)32-19-10-6-9-18(15-19)23-25-21(16-7-4-3-5-8-16)22(30-23)17-11-13-20(14-12-17)33(2,28)29/h3-15,27H,1-2H3. The lowest BCUT2D eigenvalue weighted by molar-refractivity contribution is 0.0205. The maximum Gasteiger partial charge on any atom is 0.227 e. The molecule has 1 N–H and O–H groups in total. The number of hydrogen-bond donors (Lipinski definition) is 1. The first-order valence-corrected chi connectivity index (χ1v) is 13.0. The molecule has 33 heavy (non-hydrogen) atoms. The van der Waals surface area contributed by atoms with Crippen molar-refractivity contribution < 1.29 is 18.0 Å². The maximum atomic E-state index is 11.8. The Kier molecular flexibility index (Phi) is 6.66. The lowest BCUT2D eigenvalue weighted by atomic mass is 10.1. The van der Waals surface area contributed by atoms with E-state index in [-0.39, 0.29) is 4.90 Å². The molecule has 0 saturated carbocycles. The molecule has 1 heterocycles. The lowest BCUT2D eigenvalue weighted by Gasteiger charge is -2.10. The first-order valence-electron chi connectivity index (χ1n) is 9.84. The van der Waals surface area contributed by atoms with Crippen LogP contribution in [0.3, 0.4) is 0 Å².